The van der Waals surface area contributed by atoms with Crippen molar-refractivity contribution in [1.82, 2.24) is 9.88 Å². The van der Waals surface area contributed by atoms with E-state index in [2.05, 4.69) is 30.1 Å². The Morgan fingerprint density at radius 1 is 1.20 bits per heavy atom. The van der Waals surface area contributed by atoms with Gasteiger partial charge in [0.25, 0.3) is 5.91 Å². The van der Waals surface area contributed by atoms with Crippen molar-refractivity contribution in [2.75, 3.05) is 13.1 Å². The Hall–Kier alpha value is -3.34. The molecule has 1 aliphatic heterocycles. The second-order valence-electron chi connectivity index (χ2n) is 7.57. The van der Waals surface area contributed by atoms with E-state index in [-0.39, 0.29) is 17.5 Å². The maximum Gasteiger partial charge on any atom is 0.272 e. The van der Waals surface area contributed by atoms with Crippen molar-refractivity contribution in [2.45, 2.75) is 25.7 Å². The molecule has 1 aromatic heterocycles. The largest absolute Gasteiger partial charge is 0.337 e. The Morgan fingerprint density at radius 2 is 2.03 bits per heavy atom. The van der Waals surface area contributed by atoms with Crippen molar-refractivity contribution < 1.29 is 14.0 Å². The molecule has 0 saturated carbocycles. The molecule has 152 valence electrons. The quantitative estimate of drug-likeness (QED) is 0.571. The zero-order valence-corrected chi connectivity index (χ0v) is 16.8. The van der Waals surface area contributed by atoms with E-state index in [1.165, 1.54) is 17.7 Å². The van der Waals surface area contributed by atoms with Crippen molar-refractivity contribution in [1.29, 1.82) is 0 Å². The van der Waals surface area contributed by atoms with Crippen LogP contribution in [-0.2, 0) is 6.42 Å². The summed E-state index contributed by atoms with van der Waals surface area (Å²) in [5.74, 6) is -0.588. The summed E-state index contributed by atoms with van der Waals surface area (Å²) in [7, 11) is 0. The highest BCUT2D eigenvalue weighted by molar-refractivity contribution is 5.92. The number of nitrogens with zero attached hydrogens (tertiary/aromatic N) is 2. The number of aromatic nitrogens is 1. The van der Waals surface area contributed by atoms with Gasteiger partial charge in [0.2, 0.25) is 0 Å². The normalized spacial score (nSPS) is 15.9. The maximum absolute atomic E-state index is 13.1. The monoisotopic (exact) mass is 402 g/mol. The van der Waals surface area contributed by atoms with Crippen molar-refractivity contribution in [3.63, 3.8) is 0 Å². The number of amides is 1. The molecule has 1 saturated heterocycles. The second kappa shape index (κ2) is 8.57. The molecular formula is C25H23FN2O2. The van der Waals surface area contributed by atoms with Crippen LogP contribution in [0.5, 0.6) is 0 Å². The smallest absolute Gasteiger partial charge is 0.272 e. The molecule has 1 atom stereocenters. The number of aryl methyl sites for hydroxylation is 1. The number of hydrogen-bond acceptors (Lipinski definition) is 3. The highest BCUT2D eigenvalue weighted by atomic mass is 19.1. The lowest BCUT2D eigenvalue weighted by Crippen LogP contribution is -2.29. The molecule has 3 aromatic rings. The van der Waals surface area contributed by atoms with Gasteiger partial charge in [-0.1, -0.05) is 43.3 Å². The molecule has 0 radical (unpaired) electrons. The van der Waals surface area contributed by atoms with Crippen LogP contribution in [0.2, 0.25) is 0 Å². The fourth-order valence-electron chi connectivity index (χ4n) is 4.19. The Balaban J connectivity index is 1.56. The zero-order valence-electron chi connectivity index (χ0n) is 16.8. The summed E-state index contributed by atoms with van der Waals surface area (Å²) in [6.07, 6.45) is 3.65. The first-order chi connectivity index (χ1) is 14.6. The van der Waals surface area contributed by atoms with Gasteiger partial charge in [-0.15, -0.1) is 0 Å². The molecule has 0 bridgehead atoms. The number of hydrogen-bond donors (Lipinski definition) is 0. The van der Waals surface area contributed by atoms with E-state index in [1.54, 1.807) is 4.90 Å². The van der Waals surface area contributed by atoms with Crippen LogP contribution in [0.4, 0.5) is 4.39 Å². The number of likely N-dealkylation sites (tertiary alicyclic amines) is 1. The molecule has 4 rings (SSSR count). The molecule has 4 nitrogen and oxygen atoms in total. The summed E-state index contributed by atoms with van der Waals surface area (Å²) in [6.45, 7) is 3.22. The van der Waals surface area contributed by atoms with Crippen LogP contribution in [0.25, 0.3) is 11.1 Å². The van der Waals surface area contributed by atoms with E-state index in [4.69, 9.17) is 0 Å². The Morgan fingerprint density at radius 3 is 2.77 bits per heavy atom. The summed E-state index contributed by atoms with van der Waals surface area (Å²) in [5, 5.41) is 0. The van der Waals surface area contributed by atoms with Crippen molar-refractivity contribution in [2.24, 2.45) is 0 Å². The van der Waals surface area contributed by atoms with Crippen LogP contribution in [0, 0.1) is 5.82 Å². The van der Waals surface area contributed by atoms with Gasteiger partial charge in [0.05, 0.1) is 6.20 Å². The second-order valence-corrected chi connectivity index (χ2v) is 7.57. The van der Waals surface area contributed by atoms with Gasteiger partial charge in [-0.25, -0.2) is 9.37 Å². The molecule has 5 heteroatoms. The molecule has 0 N–H and O–H groups in total. The molecule has 1 aliphatic rings. The van der Waals surface area contributed by atoms with Gasteiger partial charge in [-0.05, 0) is 53.3 Å². The van der Waals surface area contributed by atoms with Gasteiger partial charge >= 0.3 is 0 Å². The number of pyridine rings is 1. The first-order valence-electron chi connectivity index (χ1n) is 10.2. The van der Waals surface area contributed by atoms with Crippen LogP contribution in [-0.4, -0.2) is 35.2 Å². The predicted molar refractivity (Wildman–Crippen MR) is 114 cm³/mol. The fraction of sp³-hybridized carbons (Fsp3) is 0.240. The average molecular weight is 402 g/mol. The minimum atomic E-state index is -0.466. The van der Waals surface area contributed by atoms with Gasteiger partial charge in [-0.3, -0.25) is 9.59 Å². The van der Waals surface area contributed by atoms with Crippen LogP contribution in [0.1, 0.15) is 51.2 Å². The molecule has 2 heterocycles. The van der Waals surface area contributed by atoms with E-state index in [0.717, 1.165) is 42.0 Å². The average Bonchev–Trinajstić information content (AvgIpc) is 3.28. The van der Waals surface area contributed by atoms with Gasteiger partial charge in [0, 0.05) is 24.6 Å². The number of carbonyl (C=O) groups is 2. The summed E-state index contributed by atoms with van der Waals surface area (Å²) in [4.78, 5) is 30.2. The lowest BCUT2D eigenvalue weighted by atomic mass is 9.90. The van der Waals surface area contributed by atoms with E-state index in [1.807, 2.05) is 24.3 Å². The van der Waals surface area contributed by atoms with Crippen LogP contribution >= 0.6 is 0 Å². The highest BCUT2D eigenvalue weighted by Crippen LogP contribution is 2.33. The predicted octanol–water partition coefficient (Wildman–Crippen LogP) is 4.89. The molecule has 2 aromatic carbocycles. The third-order valence-electron chi connectivity index (χ3n) is 5.78. The molecule has 1 amide bonds. The topological polar surface area (TPSA) is 50.3 Å². The number of benzene rings is 2. The summed E-state index contributed by atoms with van der Waals surface area (Å²) < 4.78 is 13.1. The lowest BCUT2D eigenvalue weighted by Gasteiger charge is -2.18. The third kappa shape index (κ3) is 3.88. The summed E-state index contributed by atoms with van der Waals surface area (Å²) in [5.41, 5.74) is 5.27. The standard InChI is InChI=1S/C25H23FN2O2/c1-2-17-5-3-4-6-22(17)18-7-9-23(20(13-18)16-29)19-11-12-28(15-19)25(30)24-10-8-21(26)14-27-24/h3-10,13-14,16,19H,2,11-12,15H2,1H3. The number of halogens is 1. The molecule has 30 heavy (non-hydrogen) atoms. The lowest BCUT2D eigenvalue weighted by molar-refractivity contribution is 0.0785. The van der Waals surface area contributed by atoms with E-state index in [0.29, 0.717) is 18.7 Å². The maximum atomic E-state index is 13.1. The van der Waals surface area contributed by atoms with E-state index in [9.17, 15) is 14.0 Å². The Bertz CT molecular complexity index is 1080. The Kier molecular flexibility index (Phi) is 5.70. The molecule has 0 aliphatic carbocycles. The number of carbonyl (C=O) groups excluding carboxylic acids is 2. The van der Waals surface area contributed by atoms with Gasteiger partial charge in [-0.2, -0.15) is 0 Å². The Labute approximate surface area is 175 Å². The van der Waals surface area contributed by atoms with Crippen molar-refractivity contribution >= 4 is 12.2 Å². The number of aldehydes is 1. The first kappa shape index (κ1) is 20.0. The molecule has 0 spiro atoms. The molecular weight excluding hydrogens is 379 g/mol. The fourth-order valence-corrected chi connectivity index (χ4v) is 4.19. The zero-order chi connectivity index (χ0) is 21.1. The van der Waals surface area contributed by atoms with Crippen LogP contribution in [0.3, 0.4) is 0 Å². The van der Waals surface area contributed by atoms with Gasteiger partial charge in [0.1, 0.15) is 17.8 Å². The number of rotatable bonds is 5. The molecule has 1 fully saturated rings. The minimum Gasteiger partial charge on any atom is -0.337 e. The third-order valence-corrected chi connectivity index (χ3v) is 5.78. The van der Waals surface area contributed by atoms with Crippen molar-refractivity contribution in [3.05, 3.63) is 89.0 Å². The minimum absolute atomic E-state index is 0.0880. The SMILES string of the molecule is CCc1ccccc1-c1ccc(C2CCN(C(=O)c3ccc(F)cn3)C2)c(C=O)c1. The van der Waals surface area contributed by atoms with Crippen LogP contribution < -0.4 is 0 Å². The highest BCUT2D eigenvalue weighted by Gasteiger charge is 2.30. The van der Waals surface area contributed by atoms with Gasteiger partial charge < -0.3 is 4.90 Å². The molecule has 1 unspecified atom stereocenters. The summed E-state index contributed by atoms with van der Waals surface area (Å²) >= 11 is 0. The van der Waals surface area contributed by atoms with E-state index >= 15 is 0 Å². The van der Waals surface area contributed by atoms with Crippen LogP contribution in [0.15, 0.2) is 60.8 Å². The van der Waals surface area contributed by atoms with Crippen molar-refractivity contribution in [3.8, 4) is 11.1 Å². The summed E-state index contributed by atoms with van der Waals surface area (Å²) in [6, 6.07) is 16.9. The van der Waals surface area contributed by atoms with E-state index < -0.39 is 5.82 Å². The van der Waals surface area contributed by atoms with Gasteiger partial charge in [0.15, 0.2) is 0 Å². The first-order valence-corrected chi connectivity index (χ1v) is 10.2.